The molecule has 4 aliphatic rings. The summed E-state index contributed by atoms with van der Waals surface area (Å²) in [7, 11) is 0. The van der Waals surface area contributed by atoms with Crippen molar-refractivity contribution in [2.45, 2.75) is 30.4 Å². The number of hydrogen-bond acceptors (Lipinski definition) is 4. The number of hydrogen-bond donors (Lipinski definition) is 1. The molecule has 0 aromatic rings. The molecule has 4 rings (SSSR count). The Morgan fingerprint density at radius 1 is 1.32 bits per heavy atom. The van der Waals surface area contributed by atoms with Crippen LogP contribution in [-0.2, 0) is 0 Å². The highest BCUT2D eigenvalue weighted by molar-refractivity contribution is 9.14. The molecule has 0 aromatic heterocycles. The van der Waals surface area contributed by atoms with Crippen molar-refractivity contribution in [3.63, 3.8) is 0 Å². The zero-order valence-electron chi connectivity index (χ0n) is 12.6. The zero-order valence-corrected chi connectivity index (χ0v) is 16.6. The smallest absolute Gasteiger partial charge is 0.179 e. The largest absolute Gasteiger partial charge is 0.336 e. The lowest BCUT2D eigenvalue weighted by molar-refractivity contribution is 0.0715. The molecule has 1 fully saturated rings. The second kappa shape index (κ2) is 6.20. The van der Waals surface area contributed by atoms with Crippen LogP contribution in [-0.4, -0.2) is 58.8 Å². The van der Waals surface area contributed by atoms with E-state index in [0.717, 1.165) is 39.1 Å². The van der Waals surface area contributed by atoms with Gasteiger partial charge in [-0.15, -0.1) is 12.4 Å². The van der Waals surface area contributed by atoms with Gasteiger partial charge in [-0.05, 0) is 31.4 Å². The van der Waals surface area contributed by atoms with E-state index in [1.165, 1.54) is 27.9 Å². The van der Waals surface area contributed by atoms with Crippen molar-refractivity contribution in [1.29, 1.82) is 0 Å². The first-order valence-electron chi connectivity index (χ1n) is 7.69. The van der Waals surface area contributed by atoms with Gasteiger partial charge in [0, 0.05) is 37.2 Å². The highest BCUT2D eigenvalue weighted by atomic mass is 79.9. The molecule has 2 unspecified atom stereocenters. The number of alkyl halides is 1. The van der Waals surface area contributed by atoms with E-state index in [1.54, 1.807) is 0 Å². The zero-order chi connectivity index (χ0) is 14.6. The third-order valence-corrected chi connectivity index (χ3v) is 7.21. The Bertz CT molecular complexity index is 564. The van der Waals surface area contributed by atoms with Gasteiger partial charge in [-0.1, -0.05) is 31.9 Å². The summed E-state index contributed by atoms with van der Waals surface area (Å²) in [5.41, 5.74) is 4.03. The van der Waals surface area contributed by atoms with Gasteiger partial charge in [-0.3, -0.25) is 4.90 Å². The van der Waals surface area contributed by atoms with Gasteiger partial charge >= 0.3 is 0 Å². The molecule has 122 valence electrons. The molecule has 0 bridgehead atoms. The van der Waals surface area contributed by atoms with Crippen molar-refractivity contribution in [2.75, 3.05) is 32.7 Å². The maximum absolute atomic E-state index is 5.14. The molecule has 0 radical (unpaired) electrons. The van der Waals surface area contributed by atoms with Gasteiger partial charge < -0.3 is 10.2 Å². The van der Waals surface area contributed by atoms with Gasteiger partial charge in [0.15, 0.2) is 6.29 Å². The Kier molecular flexibility index (Phi) is 4.78. The van der Waals surface area contributed by atoms with Crippen LogP contribution in [0.5, 0.6) is 0 Å². The number of piperazine rings is 1. The minimum Gasteiger partial charge on any atom is -0.336 e. The van der Waals surface area contributed by atoms with Crippen LogP contribution >= 0.6 is 44.3 Å². The highest BCUT2D eigenvalue weighted by Crippen LogP contribution is 2.47. The Labute approximate surface area is 154 Å². The molecule has 0 amide bonds. The molecule has 7 heteroatoms. The van der Waals surface area contributed by atoms with Crippen LogP contribution in [0.1, 0.15) is 19.8 Å². The molecule has 0 spiro atoms. The second-order valence-electron chi connectivity index (χ2n) is 6.28. The van der Waals surface area contributed by atoms with Crippen LogP contribution in [0.2, 0.25) is 0 Å². The number of rotatable bonds is 1. The monoisotopic (exact) mass is 450 g/mol. The molecule has 2 atom stereocenters. The summed E-state index contributed by atoms with van der Waals surface area (Å²) in [5.74, 6) is 0. The number of nitrogens with one attached hydrogen (secondary N) is 1. The first-order chi connectivity index (χ1) is 10.1. The van der Waals surface area contributed by atoms with E-state index < -0.39 is 0 Å². The van der Waals surface area contributed by atoms with Crippen molar-refractivity contribution in [2.24, 2.45) is 4.99 Å². The number of halogens is 3. The van der Waals surface area contributed by atoms with Crippen molar-refractivity contribution in [1.82, 2.24) is 15.1 Å². The lowest BCUT2D eigenvalue weighted by atomic mass is 9.88. The molecular formula is C15H21Br2ClN4. The maximum Gasteiger partial charge on any atom is 0.179 e. The normalized spacial score (nSPS) is 34.9. The third-order valence-electron chi connectivity index (χ3n) is 4.86. The van der Waals surface area contributed by atoms with E-state index in [1.807, 2.05) is 0 Å². The van der Waals surface area contributed by atoms with Gasteiger partial charge in [0.25, 0.3) is 0 Å². The molecule has 1 aliphatic carbocycles. The van der Waals surface area contributed by atoms with Crippen molar-refractivity contribution in [3.8, 4) is 0 Å². The average molecular weight is 453 g/mol. The molecule has 3 aliphatic heterocycles. The lowest BCUT2D eigenvalue weighted by Crippen LogP contribution is -2.53. The number of aliphatic imine (C=N–C) groups is 1. The quantitative estimate of drug-likeness (QED) is 0.621. The molecule has 1 saturated heterocycles. The first kappa shape index (κ1) is 17.0. The summed E-state index contributed by atoms with van der Waals surface area (Å²) in [4.78, 5) is 10.2. The molecule has 4 nitrogen and oxygen atoms in total. The van der Waals surface area contributed by atoms with E-state index in [4.69, 9.17) is 4.99 Å². The predicted octanol–water partition coefficient (Wildman–Crippen LogP) is 2.85. The Morgan fingerprint density at radius 2 is 2.05 bits per heavy atom. The first-order valence-corrected chi connectivity index (χ1v) is 9.27. The predicted molar refractivity (Wildman–Crippen MR) is 100 cm³/mol. The fourth-order valence-corrected chi connectivity index (χ4v) is 4.57. The SMILES string of the molecule is CC1(Br)C(Br)=CC2=C3C1=NC(N1CCNCC1)N3CCC2.Cl. The lowest BCUT2D eigenvalue weighted by Gasteiger charge is -2.40. The van der Waals surface area contributed by atoms with Gasteiger partial charge in [0.2, 0.25) is 0 Å². The summed E-state index contributed by atoms with van der Waals surface area (Å²) in [6, 6.07) is 0. The van der Waals surface area contributed by atoms with Crippen LogP contribution in [0.25, 0.3) is 0 Å². The van der Waals surface area contributed by atoms with Crippen LogP contribution in [0.15, 0.2) is 26.8 Å². The fourth-order valence-electron chi connectivity index (χ4n) is 3.70. The van der Waals surface area contributed by atoms with Crippen molar-refractivity contribution in [3.05, 3.63) is 21.8 Å². The van der Waals surface area contributed by atoms with Gasteiger partial charge in [0.1, 0.15) is 0 Å². The average Bonchev–Trinajstić information content (AvgIpc) is 2.88. The third kappa shape index (κ3) is 2.51. The van der Waals surface area contributed by atoms with Gasteiger partial charge in [0.05, 0.1) is 15.7 Å². The molecular weight excluding hydrogens is 431 g/mol. The minimum atomic E-state index is -0.190. The Hall–Kier alpha value is 0.120. The van der Waals surface area contributed by atoms with E-state index in [0.29, 0.717) is 0 Å². The maximum atomic E-state index is 5.14. The van der Waals surface area contributed by atoms with E-state index in [9.17, 15) is 0 Å². The van der Waals surface area contributed by atoms with Gasteiger partial charge in [-0.2, -0.15) is 0 Å². The Morgan fingerprint density at radius 3 is 2.77 bits per heavy atom. The summed E-state index contributed by atoms with van der Waals surface area (Å²) in [6.07, 6.45) is 4.88. The molecule has 3 heterocycles. The topological polar surface area (TPSA) is 30.9 Å². The van der Waals surface area contributed by atoms with Crippen molar-refractivity contribution < 1.29 is 0 Å². The van der Waals surface area contributed by atoms with Gasteiger partial charge in [-0.25, -0.2) is 4.99 Å². The highest BCUT2D eigenvalue weighted by Gasteiger charge is 2.47. The molecule has 1 N–H and O–H groups in total. The fraction of sp³-hybridized carbons (Fsp3) is 0.667. The summed E-state index contributed by atoms with van der Waals surface area (Å²) >= 11 is 7.63. The molecule has 0 aromatic carbocycles. The summed E-state index contributed by atoms with van der Waals surface area (Å²) in [6.45, 7) is 7.60. The Balaban J connectivity index is 0.00000144. The molecule has 0 saturated carbocycles. The minimum absolute atomic E-state index is 0. The second-order valence-corrected chi connectivity index (χ2v) is 8.72. The summed E-state index contributed by atoms with van der Waals surface area (Å²) in [5, 5.41) is 3.43. The summed E-state index contributed by atoms with van der Waals surface area (Å²) < 4.78 is 1.000. The van der Waals surface area contributed by atoms with E-state index >= 15 is 0 Å². The van der Waals surface area contributed by atoms with Crippen molar-refractivity contribution >= 4 is 50.0 Å². The number of allylic oxidation sites excluding steroid dienone is 4. The van der Waals surface area contributed by atoms with E-state index in [2.05, 4.69) is 60.0 Å². The van der Waals surface area contributed by atoms with Crippen LogP contribution < -0.4 is 5.32 Å². The van der Waals surface area contributed by atoms with E-state index in [-0.39, 0.29) is 23.0 Å². The van der Waals surface area contributed by atoms with Crippen LogP contribution in [0, 0.1) is 0 Å². The number of nitrogens with zero attached hydrogens (tertiary/aromatic N) is 3. The standard InChI is InChI=1S/C15H20Br2N4.ClH/c1-15(17)11(16)9-10-3-2-6-21-12(10)13(15)19-14(21)20-7-4-18-5-8-20;/h9,14,18H,2-8H2,1H3;1H. The van der Waals surface area contributed by atoms with Crippen LogP contribution in [0.3, 0.4) is 0 Å². The molecule has 22 heavy (non-hydrogen) atoms. The van der Waals surface area contributed by atoms with Crippen LogP contribution in [0.4, 0.5) is 0 Å².